The number of halogens is 4. The Morgan fingerprint density at radius 2 is 1.27 bits per heavy atom. The van der Waals surface area contributed by atoms with Gasteiger partial charge in [0.1, 0.15) is 0 Å². The number of hydrogen-bond acceptors (Lipinski definition) is 0. The van der Waals surface area contributed by atoms with Gasteiger partial charge in [0.25, 0.3) is 0 Å². The molecule has 0 aromatic heterocycles. The van der Waals surface area contributed by atoms with E-state index >= 15 is 8.78 Å². The minimum Gasteiger partial charge on any atom is -0.203 e. The summed E-state index contributed by atoms with van der Waals surface area (Å²) in [6.45, 7) is 6.01. The normalized spacial score (nSPS) is 21.0. The molecule has 0 nitrogen and oxygen atoms in total. The average molecular weight is 561 g/mol. The summed E-state index contributed by atoms with van der Waals surface area (Å²) in [6, 6.07) is 13.0. The van der Waals surface area contributed by atoms with Crippen LogP contribution in [-0.2, 0) is 6.42 Å². The van der Waals surface area contributed by atoms with Gasteiger partial charge in [-0.05, 0) is 97.8 Å². The largest absolute Gasteiger partial charge is 0.203 e. The summed E-state index contributed by atoms with van der Waals surface area (Å²) in [4.78, 5) is 0. The van der Waals surface area contributed by atoms with E-state index in [0.717, 1.165) is 44.1 Å². The molecule has 0 amide bonds. The van der Waals surface area contributed by atoms with Crippen LogP contribution in [0.3, 0.4) is 0 Å². The van der Waals surface area contributed by atoms with Crippen molar-refractivity contribution in [1.29, 1.82) is 0 Å². The van der Waals surface area contributed by atoms with E-state index < -0.39 is 23.3 Å². The number of hydrogen-bond donors (Lipinski definition) is 0. The molecule has 3 aromatic rings. The molecule has 1 unspecified atom stereocenters. The molecule has 0 heterocycles. The van der Waals surface area contributed by atoms with Crippen LogP contribution < -0.4 is 0 Å². The Labute approximate surface area is 242 Å². The zero-order chi connectivity index (χ0) is 28.9. The van der Waals surface area contributed by atoms with Gasteiger partial charge < -0.3 is 0 Å². The van der Waals surface area contributed by atoms with Crippen LogP contribution in [0.25, 0.3) is 27.8 Å². The molecule has 0 radical (unpaired) electrons. The van der Waals surface area contributed by atoms with Gasteiger partial charge in [-0.2, -0.15) is 0 Å². The van der Waals surface area contributed by atoms with Crippen LogP contribution in [0.5, 0.6) is 0 Å². The molecule has 1 saturated carbocycles. The predicted molar refractivity (Wildman–Crippen MR) is 161 cm³/mol. The van der Waals surface area contributed by atoms with Crippen LogP contribution in [0.1, 0.15) is 82.3 Å². The van der Waals surface area contributed by atoms with E-state index in [4.69, 9.17) is 0 Å². The lowest BCUT2D eigenvalue weighted by Crippen LogP contribution is -2.22. The molecule has 0 aliphatic heterocycles. The Hall–Kier alpha value is -3.14. The molecule has 0 saturated heterocycles. The molecule has 2 aliphatic carbocycles. The second kappa shape index (κ2) is 13.2. The molecule has 41 heavy (non-hydrogen) atoms. The molecule has 5 rings (SSSR count). The number of aryl methyl sites for hydroxylation is 1. The molecule has 2 aliphatic rings. The molecule has 216 valence electrons. The van der Waals surface area contributed by atoms with Crippen LogP contribution in [0.2, 0.25) is 0 Å². The SMILES string of the molecule is C=CC1CCC(C2CC=C(c3ccc(-c4ccc(-c5ccc(CCCCC)c(F)c5F)cc4)c(F)c3F)CC2)CC1. The highest BCUT2D eigenvalue weighted by molar-refractivity contribution is 5.74. The molecule has 0 N–H and O–H groups in total. The van der Waals surface area contributed by atoms with E-state index in [-0.39, 0.29) is 11.1 Å². The summed E-state index contributed by atoms with van der Waals surface area (Å²) >= 11 is 0. The highest BCUT2D eigenvalue weighted by Crippen LogP contribution is 2.42. The van der Waals surface area contributed by atoms with Crippen molar-refractivity contribution in [3.8, 4) is 22.3 Å². The van der Waals surface area contributed by atoms with Gasteiger partial charge >= 0.3 is 0 Å². The van der Waals surface area contributed by atoms with Gasteiger partial charge in [0.15, 0.2) is 23.3 Å². The van der Waals surface area contributed by atoms with Gasteiger partial charge in [0, 0.05) is 16.7 Å². The average Bonchev–Trinajstić information content (AvgIpc) is 3.01. The van der Waals surface area contributed by atoms with Crippen molar-refractivity contribution in [3.63, 3.8) is 0 Å². The first-order valence-electron chi connectivity index (χ1n) is 15.3. The van der Waals surface area contributed by atoms with Crippen molar-refractivity contribution >= 4 is 5.57 Å². The highest BCUT2D eigenvalue weighted by Gasteiger charge is 2.29. The summed E-state index contributed by atoms with van der Waals surface area (Å²) < 4.78 is 60.2. The Morgan fingerprint density at radius 1 is 0.683 bits per heavy atom. The lowest BCUT2D eigenvalue weighted by molar-refractivity contribution is 0.212. The van der Waals surface area contributed by atoms with E-state index in [2.05, 4.69) is 25.7 Å². The van der Waals surface area contributed by atoms with Crippen molar-refractivity contribution in [2.45, 2.75) is 77.6 Å². The number of unbranched alkanes of at least 4 members (excludes halogenated alkanes) is 2. The van der Waals surface area contributed by atoms with Gasteiger partial charge in [0.05, 0.1) is 0 Å². The van der Waals surface area contributed by atoms with Crippen molar-refractivity contribution in [1.82, 2.24) is 0 Å². The molecule has 0 spiro atoms. The standard InChI is InChI=1S/C37H40F4/c1-3-5-6-7-30-20-21-31(35(39)34(30)38)28-16-18-29(19-17-28)33-23-22-32(36(40)37(33)41)27-14-12-26(13-15-27)25-10-8-24(4-2)9-11-25/h4,14,16-26H,2-3,5-13,15H2,1H3. The van der Waals surface area contributed by atoms with Gasteiger partial charge in [-0.15, -0.1) is 6.58 Å². The maximum absolute atomic E-state index is 15.3. The summed E-state index contributed by atoms with van der Waals surface area (Å²) in [6.07, 6.45) is 15.1. The van der Waals surface area contributed by atoms with E-state index in [1.54, 1.807) is 48.5 Å². The van der Waals surface area contributed by atoms with Crippen molar-refractivity contribution in [2.75, 3.05) is 0 Å². The van der Waals surface area contributed by atoms with Crippen LogP contribution in [-0.4, -0.2) is 0 Å². The van der Waals surface area contributed by atoms with E-state index in [9.17, 15) is 8.78 Å². The van der Waals surface area contributed by atoms with Crippen LogP contribution in [0, 0.1) is 41.0 Å². The van der Waals surface area contributed by atoms with Crippen molar-refractivity contribution in [3.05, 3.63) is 102 Å². The smallest absolute Gasteiger partial charge is 0.167 e. The maximum Gasteiger partial charge on any atom is 0.167 e. The van der Waals surface area contributed by atoms with E-state index in [1.165, 1.54) is 25.7 Å². The number of rotatable bonds is 9. The fraction of sp³-hybridized carbons (Fsp3) is 0.405. The van der Waals surface area contributed by atoms with Gasteiger partial charge in [-0.3, -0.25) is 0 Å². The molecular formula is C37H40F4. The molecular weight excluding hydrogens is 520 g/mol. The first-order valence-corrected chi connectivity index (χ1v) is 15.3. The first-order chi connectivity index (χ1) is 19.9. The molecule has 0 bridgehead atoms. The Morgan fingerprint density at radius 3 is 1.85 bits per heavy atom. The summed E-state index contributed by atoms with van der Waals surface area (Å²) in [7, 11) is 0. The molecule has 1 atom stereocenters. The van der Waals surface area contributed by atoms with Crippen LogP contribution in [0.15, 0.2) is 67.3 Å². The molecule has 1 fully saturated rings. The highest BCUT2D eigenvalue weighted by atomic mass is 19.2. The lowest BCUT2D eigenvalue weighted by Gasteiger charge is -2.34. The van der Waals surface area contributed by atoms with Gasteiger partial charge in [0.2, 0.25) is 0 Å². The van der Waals surface area contributed by atoms with Crippen molar-refractivity contribution < 1.29 is 17.6 Å². The minimum atomic E-state index is -0.880. The van der Waals surface area contributed by atoms with Gasteiger partial charge in [-0.25, -0.2) is 17.6 Å². The maximum atomic E-state index is 15.3. The third-order valence-corrected chi connectivity index (χ3v) is 9.42. The zero-order valence-electron chi connectivity index (χ0n) is 24.0. The van der Waals surface area contributed by atoms with Crippen molar-refractivity contribution in [2.24, 2.45) is 17.8 Å². The third-order valence-electron chi connectivity index (χ3n) is 9.42. The van der Waals surface area contributed by atoms with E-state index in [0.29, 0.717) is 46.4 Å². The number of benzene rings is 3. The minimum absolute atomic E-state index is 0.156. The third kappa shape index (κ3) is 6.37. The fourth-order valence-corrected chi connectivity index (χ4v) is 6.80. The zero-order valence-corrected chi connectivity index (χ0v) is 24.0. The summed E-state index contributed by atoms with van der Waals surface area (Å²) in [5, 5.41) is 0. The van der Waals surface area contributed by atoms with Gasteiger partial charge in [-0.1, -0.05) is 80.4 Å². The van der Waals surface area contributed by atoms with Crippen LogP contribution >= 0.6 is 0 Å². The Kier molecular flexibility index (Phi) is 9.47. The molecule has 4 heteroatoms. The topological polar surface area (TPSA) is 0 Å². The monoisotopic (exact) mass is 560 g/mol. The molecule has 3 aromatic carbocycles. The number of allylic oxidation sites excluding steroid dienone is 3. The lowest BCUT2D eigenvalue weighted by atomic mass is 9.71. The van der Waals surface area contributed by atoms with Crippen LogP contribution in [0.4, 0.5) is 17.6 Å². The summed E-state index contributed by atoms with van der Waals surface area (Å²) in [5.74, 6) is -1.42. The Balaban J connectivity index is 1.29. The second-order valence-electron chi connectivity index (χ2n) is 11.9. The Bertz CT molecular complexity index is 1390. The van der Waals surface area contributed by atoms with E-state index in [1.807, 2.05) is 0 Å². The first kappa shape index (κ1) is 29.4. The fourth-order valence-electron chi connectivity index (χ4n) is 6.80. The quantitative estimate of drug-likeness (QED) is 0.139. The summed E-state index contributed by atoms with van der Waals surface area (Å²) in [5.41, 5.74) is 2.90. The predicted octanol–water partition coefficient (Wildman–Crippen LogP) is 11.5. The second-order valence-corrected chi connectivity index (χ2v) is 11.9.